The van der Waals surface area contributed by atoms with Crippen molar-refractivity contribution in [2.45, 2.75) is 64.6 Å². The summed E-state index contributed by atoms with van der Waals surface area (Å²) >= 11 is 6.15. The van der Waals surface area contributed by atoms with Gasteiger partial charge in [-0.05, 0) is 62.1 Å². The van der Waals surface area contributed by atoms with Crippen molar-refractivity contribution in [3.63, 3.8) is 0 Å². The van der Waals surface area contributed by atoms with Crippen molar-refractivity contribution in [3.05, 3.63) is 64.7 Å². The Morgan fingerprint density at radius 3 is 2.40 bits per heavy atom. The molecule has 1 N–H and O–H groups in total. The van der Waals surface area contributed by atoms with E-state index in [1.165, 1.54) is 11.3 Å². The number of halogens is 1. The third-order valence-electron chi connectivity index (χ3n) is 6.33. The van der Waals surface area contributed by atoms with Crippen LogP contribution in [0.4, 0.5) is 5.69 Å². The molecule has 1 saturated carbocycles. The summed E-state index contributed by atoms with van der Waals surface area (Å²) in [6.07, 6.45) is 6.24. The smallest absolute Gasteiger partial charge is 0.244 e. The van der Waals surface area contributed by atoms with E-state index in [0.29, 0.717) is 10.7 Å². The molecule has 0 unspecified atom stereocenters. The normalized spacial score (nSPS) is 15.3. The van der Waals surface area contributed by atoms with Crippen LogP contribution in [0.15, 0.2) is 48.5 Å². The molecule has 0 aromatic heterocycles. The van der Waals surface area contributed by atoms with Crippen LogP contribution < -0.4 is 9.62 Å². The van der Waals surface area contributed by atoms with Crippen LogP contribution >= 0.6 is 11.6 Å². The van der Waals surface area contributed by atoms with Gasteiger partial charge in [-0.2, -0.15) is 0 Å². The van der Waals surface area contributed by atoms with E-state index in [9.17, 15) is 18.0 Å². The Hall–Kier alpha value is -2.58. The first-order valence-electron chi connectivity index (χ1n) is 11.9. The predicted octanol–water partition coefficient (Wildman–Crippen LogP) is 4.28. The number of hydrogen-bond acceptors (Lipinski definition) is 4. The maximum Gasteiger partial charge on any atom is 0.244 e. The molecule has 0 heterocycles. The van der Waals surface area contributed by atoms with Gasteiger partial charge in [-0.25, -0.2) is 8.42 Å². The first-order chi connectivity index (χ1) is 16.5. The summed E-state index contributed by atoms with van der Waals surface area (Å²) in [4.78, 5) is 28.2. The number of anilines is 1. The Kier molecular flexibility index (Phi) is 9.19. The molecule has 0 saturated heterocycles. The van der Waals surface area contributed by atoms with E-state index in [-0.39, 0.29) is 18.5 Å². The van der Waals surface area contributed by atoms with E-state index in [0.717, 1.165) is 47.4 Å². The summed E-state index contributed by atoms with van der Waals surface area (Å²) in [5.74, 6) is -0.711. The van der Waals surface area contributed by atoms with Crippen LogP contribution in [0.2, 0.25) is 5.02 Å². The Morgan fingerprint density at radius 2 is 1.77 bits per heavy atom. The van der Waals surface area contributed by atoms with Gasteiger partial charge in [-0.3, -0.25) is 13.9 Å². The van der Waals surface area contributed by atoms with Crippen molar-refractivity contribution in [3.8, 4) is 0 Å². The topological polar surface area (TPSA) is 86.8 Å². The highest BCUT2D eigenvalue weighted by Crippen LogP contribution is 2.22. The molecule has 0 spiro atoms. The molecule has 9 heteroatoms. The Morgan fingerprint density at radius 1 is 1.09 bits per heavy atom. The van der Waals surface area contributed by atoms with Crippen LogP contribution in [-0.2, 0) is 26.2 Å². The molecule has 1 aliphatic carbocycles. The number of nitrogens with one attached hydrogen (secondary N) is 1. The fraction of sp³-hybridized carbons (Fsp3) is 0.462. The SMILES string of the molecule is Cc1cccc(N(CC(=O)N(Cc2cccc(Cl)c2)[C@@H](C)C(=O)NC2CCCCC2)S(C)(=O)=O)c1. The maximum atomic E-state index is 13.6. The average Bonchev–Trinajstić information content (AvgIpc) is 2.80. The lowest BCUT2D eigenvalue weighted by Crippen LogP contribution is -2.52. The molecule has 2 aromatic carbocycles. The molecular weight excluding hydrogens is 486 g/mol. The number of aryl methyl sites for hydroxylation is 1. The van der Waals surface area contributed by atoms with Gasteiger partial charge in [0.2, 0.25) is 21.8 Å². The summed E-state index contributed by atoms with van der Waals surface area (Å²) in [5, 5.41) is 3.60. The molecule has 3 rings (SSSR count). The largest absolute Gasteiger partial charge is 0.352 e. The second-order valence-electron chi connectivity index (χ2n) is 9.28. The molecule has 35 heavy (non-hydrogen) atoms. The minimum absolute atomic E-state index is 0.0987. The van der Waals surface area contributed by atoms with Gasteiger partial charge in [0.1, 0.15) is 12.6 Å². The highest BCUT2D eigenvalue weighted by molar-refractivity contribution is 7.92. The first kappa shape index (κ1) is 27.0. The summed E-state index contributed by atoms with van der Waals surface area (Å²) in [5.41, 5.74) is 2.03. The lowest BCUT2D eigenvalue weighted by Gasteiger charge is -2.33. The number of nitrogens with zero attached hydrogens (tertiary/aromatic N) is 2. The van der Waals surface area contributed by atoms with Crippen molar-refractivity contribution in [2.24, 2.45) is 0 Å². The fourth-order valence-electron chi connectivity index (χ4n) is 4.38. The molecule has 0 aliphatic heterocycles. The van der Waals surface area contributed by atoms with Crippen molar-refractivity contribution < 1.29 is 18.0 Å². The van der Waals surface area contributed by atoms with E-state index < -0.39 is 28.5 Å². The minimum Gasteiger partial charge on any atom is -0.352 e. The molecular formula is C26H34ClN3O4S. The number of carbonyl (C=O) groups is 2. The van der Waals surface area contributed by atoms with Gasteiger partial charge in [0, 0.05) is 17.6 Å². The molecule has 1 atom stereocenters. The number of amides is 2. The highest BCUT2D eigenvalue weighted by Gasteiger charge is 2.31. The number of benzene rings is 2. The molecule has 1 fully saturated rings. The summed E-state index contributed by atoms with van der Waals surface area (Å²) in [7, 11) is -3.75. The van der Waals surface area contributed by atoms with Gasteiger partial charge in [0.15, 0.2) is 0 Å². The zero-order chi connectivity index (χ0) is 25.6. The van der Waals surface area contributed by atoms with Crippen molar-refractivity contribution in [1.29, 1.82) is 0 Å². The standard InChI is InChI=1S/C26H34ClN3O4S/c1-19-9-7-14-24(15-19)30(35(3,33)34)18-25(31)29(17-21-10-8-11-22(27)16-21)20(2)26(32)28-23-12-5-4-6-13-23/h7-11,14-16,20,23H,4-6,12-13,17-18H2,1-3H3,(H,28,32)/t20-/m0/s1. The lowest BCUT2D eigenvalue weighted by molar-refractivity contribution is -0.139. The third-order valence-corrected chi connectivity index (χ3v) is 7.71. The number of carbonyl (C=O) groups excluding carboxylic acids is 2. The van der Waals surface area contributed by atoms with Crippen LogP contribution in [0.25, 0.3) is 0 Å². The van der Waals surface area contributed by atoms with Crippen LogP contribution in [0.3, 0.4) is 0 Å². The van der Waals surface area contributed by atoms with E-state index in [1.807, 2.05) is 19.1 Å². The third kappa shape index (κ3) is 7.70. The average molecular weight is 520 g/mol. The van der Waals surface area contributed by atoms with E-state index in [4.69, 9.17) is 11.6 Å². The van der Waals surface area contributed by atoms with Gasteiger partial charge in [0.25, 0.3) is 0 Å². The van der Waals surface area contributed by atoms with Crippen LogP contribution in [0.1, 0.15) is 50.2 Å². The zero-order valence-corrected chi connectivity index (χ0v) is 22.1. The van der Waals surface area contributed by atoms with E-state index in [2.05, 4.69) is 5.32 Å². The fourth-order valence-corrected chi connectivity index (χ4v) is 5.43. The highest BCUT2D eigenvalue weighted by atomic mass is 35.5. The molecule has 2 aromatic rings. The molecule has 0 bridgehead atoms. The van der Waals surface area contributed by atoms with Crippen LogP contribution in [0.5, 0.6) is 0 Å². The zero-order valence-electron chi connectivity index (χ0n) is 20.5. The monoisotopic (exact) mass is 519 g/mol. The summed E-state index contributed by atoms with van der Waals surface area (Å²) in [6.45, 7) is 3.25. The molecule has 2 amide bonds. The van der Waals surface area contributed by atoms with Crippen molar-refractivity contribution in [1.82, 2.24) is 10.2 Å². The summed E-state index contributed by atoms with van der Waals surface area (Å²) < 4.78 is 26.3. The minimum atomic E-state index is -3.75. The summed E-state index contributed by atoms with van der Waals surface area (Å²) in [6, 6.07) is 13.4. The second kappa shape index (κ2) is 11.9. The number of sulfonamides is 1. The Bertz CT molecular complexity index is 1150. The molecule has 1 aliphatic rings. The molecule has 7 nitrogen and oxygen atoms in total. The molecule has 0 radical (unpaired) electrons. The van der Waals surface area contributed by atoms with Gasteiger partial charge in [-0.15, -0.1) is 0 Å². The van der Waals surface area contributed by atoms with Gasteiger partial charge in [-0.1, -0.05) is 55.1 Å². The Balaban J connectivity index is 1.87. The van der Waals surface area contributed by atoms with E-state index >= 15 is 0 Å². The first-order valence-corrected chi connectivity index (χ1v) is 14.2. The maximum absolute atomic E-state index is 13.6. The number of hydrogen-bond donors (Lipinski definition) is 1. The molecule has 190 valence electrons. The van der Waals surface area contributed by atoms with Gasteiger partial charge >= 0.3 is 0 Å². The Labute approximate surface area is 213 Å². The number of rotatable bonds is 9. The second-order valence-corrected chi connectivity index (χ2v) is 11.6. The quantitative estimate of drug-likeness (QED) is 0.535. The predicted molar refractivity (Wildman–Crippen MR) is 140 cm³/mol. The van der Waals surface area contributed by atoms with Crippen LogP contribution in [0, 0.1) is 6.92 Å². The van der Waals surface area contributed by atoms with E-state index in [1.54, 1.807) is 43.3 Å². The van der Waals surface area contributed by atoms with Gasteiger partial charge in [0.05, 0.1) is 11.9 Å². The lowest BCUT2D eigenvalue weighted by atomic mass is 9.95. The van der Waals surface area contributed by atoms with Crippen molar-refractivity contribution in [2.75, 3.05) is 17.1 Å². The van der Waals surface area contributed by atoms with Crippen LogP contribution in [-0.4, -0.2) is 50.0 Å². The van der Waals surface area contributed by atoms with Gasteiger partial charge < -0.3 is 10.2 Å². The van der Waals surface area contributed by atoms with Crippen molar-refractivity contribution >= 4 is 39.1 Å².